The molecule has 1 aliphatic rings. The van der Waals surface area contributed by atoms with Gasteiger partial charge in [0.1, 0.15) is 17.7 Å². The molecule has 0 radical (unpaired) electrons. The minimum Gasteiger partial charge on any atom is -0.366 e. The molecule has 0 amide bonds. The molecule has 0 unspecified atom stereocenters. The summed E-state index contributed by atoms with van der Waals surface area (Å²) < 4.78 is 2.12. The molecule has 4 aromatic rings. The van der Waals surface area contributed by atoms with Crippen LogP contribution in [0.3, 0.4) is 0 Å². The molecule has 0 N–H and O–H groups in total. The average Bonchev–Trinajstić information content (AvgIpc) is 3.16. The van der Waals surface area contributed by atoms with Crippen LogP contribution < -0.4 is 9.80 Å². The predicted octanol–water partition coefficient (Wildman–Crippen LogP) is 3.72. The van der Waals surface area contributed by atoms with Gasteiger partial charge in [-0.3, -0.25) is 9.97 Å². The van der Waals surface area contributed by atoms with Gasteiger partial charge in [0.2, 0.25) is 0 Å². The van der Waals surface area contributed by atoms with Crippen LogP contribution in [0.5, 0.6) is 0 Å². The largest absolute Gasteiger partial charge is 0.366 e. The first kappa shape index (κ1) is 15.9. The van der Waals surface area contributed by atoms with Crippen molar-refractivity contribution in [1.82, 2.24) is 19.9 Å². The number of halogens is 1. The monoisotopic (exact) mass is 426 g/mol. The van der Waals surface area contributed by atoms with Crippen LogP contribution in [0.2, 0.25) is 0 Å². The smallest absolute Gasteiger partial charge is 0.150 e. The first-order valence-electron chi connectivity index (χ1n) is 8.38. The lowest BCUT2D eigenvalue weighted by atomic mass is 10.2. The minimum absolute atomic E-state index is 0.912. The van der Waals surface area contributed by atoms with Gasteiger partial charge in [-0.05, 0) is 39.5 Å². The van der Waals surface area contributed by atoms with Crippen LogP contribution in [0, 0.1) is 0 Å². The summed E-state index contributed by atoms with van der Waals surface area (Å²) in [5, 5.41) is 2.08. The van der Waals surface area contributed by atoms with Crippen LogP contribution in [0.4, 0.5) is 11.5 Å². The fourth-order valence-corrected chi connectivity index (χ4v) is 4.59. The maximum absolute atomic E-state index is 4.58. The van der Waals surface area contributed by atoms with Gasteiger partial charge >= 0.3 is 0 Å². The van der Waals surface area contributed by atoms with Crippen molar-refractivity contribution in [2.45, 2.75) is 0 Å². The molecule has 0 atom stereocenters. The average molecular weight is 427 g/mol. The van der Waals surface area contributed by atoms with Crippen LogP contribution in [0.25, 0.3) is 21.3 Å². The standard InChI is InChI=1S/C18H15BrN6S/c19-12-9-14-16(21-10-12)15(1-3-20-14)24-4-6-25(7-5-24)18-17-13(2-8-26-17)22-11-23-18/h1-3,8-11H,4-7H2. The minimum atomic E-state index is 0.912. The highest BCUT2D eigenvalue weighted by molar-refractivity contribution is 9.10. The molecule has 8 heteroatoms. The van der Waals surface area contributed by atoms with E-state index in [1.54, 1.807) is 17.7 Å². The SMILES string of the molecule is Brc1cnc2c(N3CCN(c4ncnc5ccsc45)CC3)ccnc2c1. The molecule has 0 aliphatic carbocycles. The van der Waals surface area contributed by atoms with Crippen LogP contribution in [0.15, 0.2) is 46.8 Å². The van der Waals surface area contributed by atoms with Crippen molar-refractivity contribution >= 4 is 60.0 Å². The summed E-state index contributed by atoms with van der Waals surface area (Å²) in [6.07, 6.45) is 5.35. The Kier molecular flexibility index (Phi) is 3.94. The molecule has 6 nitrogen and oxygen atoms in total. The molecule has 0 spiro atoms. The van der Waals surface area contributed by atoms with Crippen molar-refractivity contribution in [2.24, 2.45) is 0 Å². The van der Waals surface area contributed by atoms with E-state index in [2.05, 4.69) is 57.1 Å². The number of nitrogens with zero attached hydrogens (tertiary/aromatic N) is 6. The van der Waals surface area contributed by atoms with E-state index in [0.29, 0.717) is 0 Å². The molecule has 130 valence electrons. The number of aromatic nitrogens is 4. The topological polar surface area (TPSA) is 58.0 Å². The Morgan fingerprint density at radius 1 is 0.923 bits per heavy atom. The second kappa shape index (κ2) is 6.44. The number of rotatable bonds is 2. The zero-order valence-electron chi connectivity index (χ0n) is 13.8. The number of hydrogen-bond donors (Lipinski definition) is 0. The molecule has 0 saturated carbocycles. The van der Waals surface area contributed by atoms with Gasteiger partial charge in [0, 0.05) is 43.0 Å². The first-order valence-corrected chi connectivity index (χ1v) is 10.1. The van der Waals surface area contributed by atoms with Gasteiger partial charge in [-0.1, -0.05) is 0 Å². The van der Waals surface area contributed by atoms with Crippen molar-refractivity contribution in [3.05, 3.63) is 46.8 Å². The van der Waals surface area contributed by atoms with E-state index in [9.17, 15) is 0 Å². The molecule has 5 heterocycles. The van der Waals surface area contributed by atoms with Crippen molar-refractivity contribution in [3.8, 4) is 0 Å². The molecule has 5 rings (SSSR count). The third-order valence-corrected chi connectivity index (χ3v) is 6.00. The van der Waals surface area contributed by atoms with E-state index in [1.807, 2.05) is 24.5 Å². The van der Waals surface area contributed by atoms with Crippen molar-refractivity contribution in [3.63, 3.8) is 0 Å². The summed E-state index contributed by atoms with van der Waals surface area (Å²) in [6, 6.07) is 6.12. The molecule has 0 aromatic carbocycles. The highest BCUT2D eigenvalue weighted by Gasteiger charge is 2.22. The Morgan fingerprint density at radius 2 is 1.77 bits per heavy atom. The molecular formula is C18H15BrN6S. The molecule has 4 aromatic heterocycles. The Bertz CT molecular complexity index is 1090. The molecule has 26 heavy (non-hydrogen) atoms. The third kappa shape index (κ3) is 2.69. The second-order valence-electron chi connectivity index (χ2n) is 6.16. The number of pyridine rings is 2. The summed E-state index contributed by atoms with van der Waals surface area (Å²) in [5.41, 5.74) is 4.03. The summed E-state index contributed by atoms with van der Waals surface area (Å²) in [4.78, 5) is 22.6. The lowest BCUT2D eigenvalue weighted by Gasteiger charge is -2.37. The number of hydrogen-bond acceptors (Lipinski definition) is 7. The molecule has 1 aliphatic heterocycles. The van der Waals surface area contributed by atoms with Gasteiger partial charge in [-0.25, -0.2) is 9.97 Å². The van der Waals surface area contributed by atoms with Crippen LogP contribution in [-0.2, 0) is 0 Å². The maximum Gasteiger partial charge on any atom is 0.150 e. The number of piperazine rings is 1. The van der Waals surface area contributed by atoms with E-state index in [-0.39, 0.29) is 0 Å². The Balaban J connectivity index is 1.42. The zero-order chi connectivity index (χ0) is 17.5. The van der Waals surface area contributed by atoms with Crippen LogP contribution in [-0.4, -0.2) is 46.1 Å². The van der Waals surface area contributed by atoms with Gasteiger partial charge in [-0.15, -0.1) is 11.3 Å². The van der Waals surface area contributed by atoms with E-state index in [4.69, 9.17) is 0 Å². The van der Waals surface area contributed by atoms with E-state index in [0.717, 1.165) is 58.7 Å². The van der Waals surface area contributed by atoms with Crippen LogP contribution in [0.1, 0.15) is 0 Å². The van der Waals surface area contributed by atoms with E-state index < -0.39 is 0 Å². The van der Waals surface area contributed by atoms with Crippen molar-refractivity contribution in [1.29, 1.82) is 0 Å². The Labute approximate surface area is 162 Å². The molecule has 1 saturated heterocycles. The number of fused-ring (bicyclic) bond motifs is 2. The van der Waals surface area contributed by atoms with E-state index >= 15 is 0 Å². The van der Waals surface area contributed by atoms with Gasteiger partial charge in [0.25, 0.3) is 0 Å². The summed E-state index contributed by atoms with van der Waals surface area (Å²) in [7, 11) is 0. The predicted molar refractivity (Wildman–Crippen MR) is 109 cm³/mol. The lowest BCUT2D eigenvalue weighted by molar-refractivity contribution is 0.650. The van der Waals surface area contributed by atoms with Crippen LogP contribution >= 0.6 is 27.3 Å². The maximum atomic E-state index is 4.58. The number of thiophene rings is 1. The summed E-state index contributed by atoms with van der Waals surface area (Å²) in [6.45, 7) is 3.69. The summed E-state index contributed by atoms with van der Waals surface area (Å²) >= 11 is 5.17. The Hall–Kier alpha value is -2.32. The van der Waals surface area contributed by atoms with Gasteiger partial charge in [0.05, 0.1) is 21.4 Å². The normalized spacial score (nSPS) is 15.1. The molecule has 1 fully saturated rings. The third-order valence-electron chi connectivity index (χ3n) is 4.67. The van der Waals surface area contributed by atoms with Crippen molar-refractivity contribution < 1.29 is 0 Å². The fourth-order valence-electron chi connectivity index (χ4n) is 3.41. The molecular weight excluding hydrogens is 412 g/mol. The lowest BCUT2D eigenvalue weighted by Crippen LogP contribution is -2.47. The molecule has 0 bridgehead atoms. The number of anilines is 2. The van der Waals surface area contributed by atoms with Gasteiger partial charge in [-0.2, -0.15) is 0 Å². The Morgan fingerprint density at radius 3 is 2.65 bits per heavy atom. The van der Waals surface area contributed by atoms with E-state index in [1.165, 1.54) is 4.70 Å². The fraction of sp³-hybridized carbons (Fsp3) is 0.222. The zero-order valence-corrected chi connectivity index (χ0v) is 16.2. The van der Waals surface area contributed by atoms with Gasteiger partial charge < -0.3 is 9.80 Å². The highest BCUT2D eigenvalue weighted by Crippen LogP contribution is 2.30. The highest BCUT2D eigenvalue weighted by atomic mass is 79.9. The first-order chi connectivity index (χ1) is 12.8. The van der Waals surface area contributed by atoms with Gasteiger partial charge in [0.15, 0.2) is 0 Å². The quantitative estimate of drug-likeness (QED) is 0.486. The van der Waals surface area contributed by atoms with Crippen molar-refractivity contribution in [2.75, 3.05) is 36.0 Å². The second-order valence-corrected chi connectivity index (χ2v) is 7.99. The summed E-state index contributed by atoms with van der Waals surface area (Å²) in [5.74, 6) is 1.05.